The Morgan fingerprint density at radius 3 is 2.07 bits per heavy atom. The van der Waals surface area contributed by atoms with Crippen LogP contribution in [0.1, 0.15) is 24.8 Å². The second kappa shape index (κ2) is 7.47. The quantitative estimate of drug-likeness (QED) is 0.478. The Morgan fingerprint density at radius 2 is 1.41 bits per heavy atom. The van der Waals surface area contributed by atoms with Gasteiger partial charge < -0.3 is 10.8 Å². The molecule has 5 heteroatoms. The summed E-state index contributed by atoms with van der Waals surface area (Å²) in [6.07, 6.45) is 3.25. The highest BCUT2D eigenvalue weighted by atomic mass is 35.5. The van der Waals surface area contributed by atoms with Crippen molar-refractivity contribution in [2.45, 2.75) is 24.8 Å². The lowest BCUT2D eigenvalue weighted by molar-refractivity contribution is 0.253. The van der Waals surface area contributed by atoms with Crippen LogP contribution in [0.15, 0.2) is 72.8 Å². The zero-order valence-corrected chi connectivity index (χ0v) is 16.7. The molecule has 1 saturated carbocycles. The summed E-state index contributed by atoms with van der Waals surface area (Å²) in [5.41, 5.74) is 12.1. The number of phenols is 1. The van der Waals surface area contributed by atoms with E-state index in [1.165, 1.54) is 12.0 Å². The Hall–Kier alpha value is -2.95. The molecule has 4 aromatic rings. The molecular formula is C24H22ClN3O. The van der Waals surface area contributed by atoms with Crippen LogP contribution in [0.4, 0.5) is 0 Å². The van der Waals surface area contributed by atoms with Crippen LogP contribution >= 0.6 is 12.4 Å². The highest BCUT2D eigenvalue weighted by Crippen LogP contribution is 2.40. The predicted molar refractivity (Wildman–Crippen MR) is 119 cm³/mol. The minimum Gasteiger partial charge on any atom is -0.506 e. The number of fused-ring (bicyclic) bond motifs is 1. The number of benzene rings is 3. The van der Waals surface area contributed by atoms with Gasteiger partial charge in [0.05, 0.1) is 16.9 Å². The van der Waals surface area contributed by atoms with Gasteiger partial charge in [-0.2, -0.15) is 0 Å². The van der Waals surface area contributed by atoms with Crippen molar-refractivity contribution in [2.75, 3.05) is 0 Å². The molecule has 1 aliphatic carbocycles. The fourth-order valence-corrected chi connectivity index (χ4v) is 3.87. The molecule has 5 rings (SSSR count). The van der Waals surface area contributed by atoms with Gasteiger partial charge in [0.1, 0.15) is 11.3 Å². The van der Waals surface area contributed by atoms with Gasteiger partial charge in [0.25, 0.3) is 0 Å². The zero-order valence-electron chi connectivity index (χ0n) is 15.9. The lowest BCUT2D eigenvalue weighted by atomic mass is 9.72. The van der Waals surface area contributed by atoms with E-state index in [2.05, 4.69) is 24.3 Å². The molecule has 0 spiro atoms. The van der Waals surface area contributed by atoms with E-state index in [0.29, 0.717) is 11.0 Å². The van der Waals surface area contributed by atoms with Crippen molar-refractivity contribution in [3.8, 4) is 28.3 Å². The standard InChI is InChI=1S/C24H21N3O.ClH/c25-24(14-5-15-24)18-12-10-17(11-13-18)22-21(16-6-2-1-3-7-16)26-19-8-4-9-20(28)23(19)27-22;/h1-4,6-13,28H,5,14-15,25H2;1H. The van der Waals surface area contributed by atoms with E-state index in [1.807, 2.05) is 36.4 Å². The number of hydrogen-bond acceptors (Lipinski definition) is 4. The third-order valence-electron chi connectivity index (χ3n) is 5.70. The van der Waals surface area contributed by atoms with Gasteiger partial charge in [0, 0.05) is 16.7 Å². The van der Waals surface area contributed by atoms with Gasteiger partial charge in [-0.1, -0.05) is 60.7 Å². The van der Waals surface area contributed by atoms with Gasteiger partial charge >= 0.3 is 0 Å². The second-order valence-corrected chi connectivity index (χ2v) is 7.52. The maximum atomic E-state index is 10.3. The minimum atomic E-state index is -0.186. The van der Waals surface area contributed by atoms with Crippen molar-refractivity contribution in [1.29, 1.82) is 0 Å². The largest absolute Gasteiger partial charge is 0.506 e. The monoisotopic (exact) mass is 403 g/mol. The van der Waals surface area contributed by atoms with Crippen LogP contribution in [0.25, 0.3) is 33.5 Å². The van der Waals surface area contributed by atoms with E-state index >= 15 is 0 Å². The van der Waals surface area contributed by atoms with Gasteiger partial charge in [0.15, 0.2) is 0 Å². The molecule has 0 unspecified atom stereocenters. The molecule has 0 saturated heterocycles. The molecule has 1 heterocycles. The van der Waals surface area contributed by atoms with E-state index in [4.69, 9.17) is 15.7 Å². The lowest BCUT2D eigenvalue weighted by Gasteiger charge is -2.38. The number of nitrogens with zero attached hydrogens (tertiary/aromatic N) is 2. The van der Waals surface area contributed by atoms with Crippen LogP contribution in [0.2, 0.25) is 0 Å². The zero-order chi connectivity index (χ0) is 19.1. The molecule has 0 radical (unpaired) electrons. The third kappa shape index (κ3) is 3.35. The molecule has 0 atom stereocenters. The highest BCUT2D eigenvalue weighted by molar-refractivity contribution is 5.89. The van der Waals surface area contributed by atoms with Crippen molar-refractivity contribution in [3.63, 3.8) is 0 Å². The van der Waals surface area contributed by atoms with E-state index in [9.17, 15) is 5.11 Å². The van der Waals surface area contributed by atoms with Crippen molar-refractivity contribution in [1.82, 2.24) is 9.97 Å². The first-order valence-electron chi connectivity index (χ1n) is 9.59. The molecule has 146 valence electrons. The SMILES string of the molecule is Cl.NC1(c2ccc(-c3nc4c(O)cccc4nc3-c3ccccc3)cc2)CCC1. The summed E-state index contributed by atoms with van der Waals surface area (Å²) in [7, 11) is 0. The van der Waals surface area contributed by atoms with Gasteiger partial charge in [-0.15, -0.1) is 12.4 Å². The predicted octanol–water partition coefficient (Wildman–Crippen LogP) is 5.43. The third-order valence-corrected chi connectivity index (χ3v) is 5.70. The minimum absolute atomic E-state index is 0. The summed E-state index contributed by atoms with van der Waals surface area (Å²) in [4.78, 5) is 9.64. The number of nitrogens with two attached hydrogens (primary N) is 1. The van der Waals surface area contributed by atoms with Crippen molar-refractivity contribution < 1.29 is 5.11 Å². The number of halogens is 1. The molecule has 1 aliphatic rings. The summed E-state index contributed by atoms with van der Waals surface area (Å²) in [5.74, 6) is 0.137. The molecule has 1 aromatic heterocycles. The molecule has 1 fully saturated rings. The second-order valence-electron chi connectivity index (χ2n) is 7.52. The van der Waals surface area contributed by atoms with Crippen LogP contribution in [-0.2, 0) is 5.54 Å². The molecular weight excluding hydrogens is 382 g/mol. The van der Waals surface area contributed by atoms with Crippen LogP contribution in [-0.4, -0.2) is 15.1 Å². The van der Waals surface area contributed by atoms with Gasteiger partial charge in [0.2, 0.25) is 0 Å². The Balaban J connectivity index is 0.00000205. The lowest BCUT2D eigenvalue weighted by Crippen LogP contribution is -2.43. The molecule has 4 nitrogen and oxygen atoms in total. The number of hydrogen-bond donors (Lipinski definition) is 2. The first-order valence-corrected chi connectivity index (χ1v) is 9.59. The van der Waals surface area contributed by atoms with E-state index in [0.717, 1.165) is 35.4 Å². The first-order chi connectivity index (χ1) is 13.6. The molecule has 3 N–H and O–H groups in total. The number of para-hydroxylation sites is 1. The average molecular weight is 404 g/mol. The molecule has 0 bridgehead atoms. The van der Waals surface area contributed by atoms with Crippen LogP contribution in [0, 0.1) is 0 Å². The fraction of sp³-hybridized carbons (Fsp3) is 0.167. The fourth-order valence-electron chi connectivity index (χ4n) is 3.87. The Kier molecular flexibility index (Phi) is 4.99. The maximum absolute atomic E-state index is 10.3. The first kappa shape index (κ1) is 19.4. The topological polar surface area (TPSA) is 72.0 Å². The molecule has 3 aromatic carbocycles. The summed E-state index contributed by atoms with van der Waals surface area (Å²) >= 11 is 0. The normalized spacial score (nSPS) is 14.8. The van der Waals surface area contributed by atoms with Crippen molar-refractivity contribution in [3.05, 3.63) is 78.4 Å². The van der Waals surface area contributed by atoms with Gasteiger partial charge in [-0.25, -0.2) is 9.97 Å². The summed E-state index contributed by atoms with van der Waals surface area (Å²) in [6, 6.07) is 23.6. The van der Waals surface area contributed by atoms with Crippen LogP contribution < -0.4 is 5.73 Å². The van der Waals surface area contributed by atoms with E-state index in [-0.39, 0.29) is 23.7 Å². The number of aromatic hydroxyl groups is 1. The van der Waals surface area contributed by atoms with E-state index < -0.39 is 0 Å². The van der Waals surface area contributed by atoms with Gasteiger partial charge in [-0.3, -0.25) is 0 Å². The highest BCUT2D eigenvalue weighted by Gasteiger charge is 2.34. The smallest absolute Gasteiger partial charge is 0.143 e. The van der Waals surface area contributed by atoms with Crippen LogP contribution in [0.3, 0.4) is 0 Å². The Labute approximate surface area is 175 Å². The summed E-state index contributed by atoms with van der Waals surface area (Å²) < 4.78 is 0. The van der Waals surface area contributed by atoms with Crippen molar-refractivity contribution >= 4 is 23.4 Å². The maximum Gasteiger partial charge on any atom is 0.143 e. The molecule has 0 aliphatic heterocycles. The van der Waals surface area contributed by atoms with E-state index in [1.54, 1.807) is 12.1 Å². The number of rotatable bonds is 3. The van der Waals surface area contributed by atoms with Crippen LogP contribution in [0.5, 0.6) is 5.75 Å². The number of phenolic OH excluding ortho intramolecular Hbond substituents is 1. The summed E-state index contributed by atoms with van der Waals surface area (Å²) in [5, 5.41) is 10.3. The summed E-state index contributed by atoms with van der Waals surface area (Å²) in [6.45, 7) is 0. The Morgan fingerprint density at radius 1 is 0.759 bits per heavy atom. The molecule has 0 amide bonds. The number of aromatic nitrogens is 2. The van der Waals surface area contributed by atoms with Gasteiger partial charge in [-0.05, 0) is 37.0 Å². The average Bonchev–Trinajstić information content (AvgIpc) is 2.72. The van der Waals surface area contributed by atoms with Crippen molar-refractivity contribution in [2.24, 2.45) is 5.73 Å². The Bertz CT molecular complexity index is 1160. The molecule has 29 heavy (non-hydrogen) atoms.